The van der Waals surface area contributed by atoms with E-state index in [-0.39, 0.29) is 0 Å². The second-order valence-corrected chi connectivity index (χ2v) is 8.20. The fraction of sp³-hybridized carbons (Fsp3) is 1.00. The Hall–Kier alpha value is -0.170. The molecule has 1 aliphatic rings. The molecule has 1 fully saturated rings. The van der Waals surface area contributed by atoms with Gasteiger partial charge in [-0.1, -0.05) is 27.7 Å². The first kappa shape index (κ1) is 17.9. The molecule has 120 valence electrons. The smallest absolute Gasteiger partial charge is 0.279 e. The molecule has 6 heteroatoms. The third-order valence-corrected chi connectivity index (χ3v) is 6.12. The van der Waals surface area contributed by atoms with E-state index in [9.17, 15) is 8.42 Å². The van der Waals surface area contributed by atoms with Crippen molar-refractivity contribution in [3.8, 4) is 0 Å². The third kappa shape index (κ3) is 4.16. The van der Waals surface area contributed by atoms with Crippen molar-refractivity contribution in [1.29, 1.82) is 0 Å². The highest BCUT2D eigenvalue weighted by atomic mass is 32.2. The molecule has 20 heavy (non-hydrogen) atoms. The SMILES string of the molecule is CCN(C1(CN)CCC(C)CC1)S(=O)(=O)NCC(C)C. The summed E-state index contributed by atoms with van der Waals surface area (Å²) in [5.74, 6) is 0.961. The number of rotatable bonds is 7. The average molecular weight is 305 g/mol. The molecule has 3 N–H and O–H groups in total. The van der Waals surface area contributed by atoms with Crippen molar-refractivity contribution < 1.29 is 8.42 Å². The minimum atomic E-state index is -3.45. The molecule has 5 nitrogen and oxygen atoms in total. The first-order valence-electron chi connectivity index (χ1n) is 7.75. The topological polar surface area (TPSA) is 75.4 Å². The number of hydrogen-bond donors (Lipinski definition) is 2. The van der Waals surface area contributed by atoms with Gasteiger partial charge in [0, 0.05) is 25.2 Å². The van der Waals surface area contributed by atoms with E-state index in [1.165, 1.54) is 0 Å². The van der Waals surface area contributed by atoms with Crippen LogP contribution in [0.3, 0.4) is 0 Å². The van der Waals surface area contributed by atoms with Gasteiger partial charge >= 0.3 is 0 Å². The fourth-order valence-electron chi connectivity index (χ4n) is 2.97. The molecule has 0 radical (unpaired) electrons. The maximum atomic E-state index is 12.6. The lowest BCUT2D eigenvalue weighted by atomic mass is 9.77. The van der Waals surface area contributed by atoms with Crippen LogP contribution in [-0.2, 0) is 10.2 Å². The summed E-state index contributed by atoms with van der Waals surface area (Å²) in [5.41, 5.74) is 5.58. The standard InChI is InChI=1S/C14H31N3O2S/c1-5-17(20(18,19)16-10-12(2)3)14(11-15)8-6-13(4)7-9-14/h12-13,16H,5-11,15H2,1-4H3. The number of nitrogens with zero attached hydrogens (tertiary/aromatic N) is 1. The van der Waals surface area contributed by atoms with Gasteiger partial charge in [0.2, 0.25) is 0 Å². The van der Waals surface area contributed by atoms with Gasteiger partial charge in [0.05, 0.1) is 0 Å². The molecule has 1 aliphatic carbocycles. The molecule has 0 aromatic rings. The third-order valence-electron chi connectivity index (χ3n) is 4.37. The van der Waals surface area contributed by atoms with E-state index in [4.69, 9.17) is 5.73 Å². The number of nitrogens with two attached hydrogens (primary N) is 1. The van der Waals surface area contributed by atoms with Crippen molar-refractivity contribution in [3.63, 3.8) is 0 Å². The van der Waals surface area contributed by atoms with Crippen LogP contribution in [0.5, 0.6) is 0 Å². The summed E-state index contributed by atoms with van der Waals surface area (Å²) >= 11 is 0. The lowest BCUT2D eigenvalue weighted by molar-refractivity contribution is 0.118. The molecular weight excluding hydrogens is 274 g/mol. The first-order chi connectivity index (χ1) is 9.27. The van der Waals surface area contributed by atoms with Crippen molar-refractivity contribution in [3.05, 3.63) is 0 Å². The van der Waals surface area contributed by atoms with Gasteiger partial charge in [-0.15, -0.1) is 0 Å². The van der Waals surface area contributed by atoms with Gasteiger partial charge in [0.25, 0.3) is 10.2 Å². The maximum Gasteiger partial charge on any atom is 0.279 e. The van der Waals surface area contributed by atoms with Crippen molar-refractivity contribution in [2.45, 2.75) is 58.9 Å². The molecule has 0 saturated heterocycles. The Morgan fingerprint density at radius 3 is 2.30 bits per heavy atom. The van der Waals surface area contributed by atoms with Crippen LogP contribution in [0.2, 0.25) is 0 Å². The van der Waals surface area contributed by atoms with Crippen LogP contribution in [0.4, 0.5) is 0 Å². The summed E-state index contributed by atoms with van der Waals surface area (Å²) in [7, 11) is -3.45. The zero-order valence-electron chi connectivity index (χ0n) is 13.4. The van der Waals surface area contributed by atoms with Gasteiger partial charge in [-0.05, 0) is 37.5 Å². The lowest BCUT2D eigenvalue weighted by Gasteiger charge is -2.45. The molecular formula is C14H31N3O2S. The Labute approximate surface area is 124 Å². The van der Waals surface area contributed by atoms with Crippen molar-refractivity contribution in [2.24, 2.45) is 17.6 Å². The molecule has 0 spiro atoms. The fourth-order valence-corrected chi connectivity index (χ4v) is 4.77. The molecule has 0 heterocycles. The van der Waals surface area contributed by atoms with Crippen LogP contribution in [0, 0.1) is 11.8 Å². The van der Waals surface area contributed by atoms with Crippen LogP contribution >= 0.6 is 0 Å². The van der Waals surface area contributed by atoms with Crippen LogP contribution in [0.1, 0.15) is 53.4 Å². The Balaban J connectivity index is 2.91. The van der Waals surface area contributed by atoms with E-state index in [1.54, 1.807) is 4.31 Å². The van der Waals surface area contributed by atoms with E-state index in [1.807, 2.05) is 20.8 Å². The Morgan fingerprint density at radius 2 is 1.90 bits per heavy atom. The number of hydrogen-bond acceptors (Lipinski definition) is 3. The zero-order chi connectivity index (χ0) is 15.4. The minimum Gasteiger partial charge on any atom is -0.329 e. The Morgan fingerprint density at radius 1 is 1.35 bits per heavy atom. The largest absolute Gasteiger partial charge is 0.329 e. The highest BCUT2D eigenvalue weighted by Crippen LogP contribution is 2.36. The Bertz CT molecular complexity index is 387. The molecule has 0 bridgehead atoms. The lowest BCUT2D eigenvalue weighted by Crippen LogP contribution is -2.60. The highest BCUT2D eigenvalue weighted by Gasteiger charge is 2.43. The monoisotopic (exact) mass is 305 g/mol. The summed E-state index contributed by atoms with van der Waals surface area (Å²) in [5, 5.41) is 0. The van der Waals surface area contributed by atoms with E-state index in [0.717, 1.165) is 25.7 Å². The molecule has 0 atom stereocenters. The van der Waals surface area contributed by atoms with Crippen molar-refractivity contribution in [2.75, 3.05) is 19.6 Å². The summed E-state index contributed by atoms with van der Waals surface area (Å²) in [4.78, 5) is 0. The highest BCUT2D eigenvalue weighted by molar-refractivity contribution is 7.87. The maximum absolute atomic E-state index is 12.6. The molecule has 0 unspecified atom stereocenters. The van der Waals surface area contributed by atoms with Gasteiger partial charge < -0.3 is 5.73 Å². The van der Waals surface area contributed by atoms with Gasteiger partial charge in [-0.25, -0.2) is 4.72 Å². The van der Waals surface area contributed by atoms with Crippen LogP contribution in [-0.4, -0.2) is 37.9 Å². The van der Waals surface area contributed by atoms with E-state index in [0.29, 0.717) is 31.5 Å². The van der Waals surface area contributed by atoms with Crippen molar-refractivity contribution in [1.82, 2.24) is 9.03 Å². The second-order valence-electron chi connectivity index (χ2n) is 6.52. The van der Waals surface area contributed by atoms with Gasteiger partial charge in [0.1, 0.15) is 0 Å². The average Bonchev–Trinajstić information content (AvgIpc) is 2.40. The van der Waals surface area contributed by atoms with Crippen LogP contribution < -0.4 is 10.5 Å². The predicted octanol–water partition coefficient (Wildman–Crippen LogP) is 1.71. The van der Waals surface area contributed by atoms with Crippen molar-refractivity contribution >= 4 is 10.2 Å². The molecule has 1 rings (SSSR count). The quantitative estimate of drug-likeness (QED) is 0.752. The summed E-state index contributed by atoms with van der Waals surface area (Å²) < 4.78 is 29.5. The minimum absolute atomic E-state index is 0.295. The number of likely N-dealkylation sites (N-methyl/N-ethyl adjacent to an activating group) is 1. The number of nitrogens with one attached hydrogen (secondary N) is 1. The van der Waals surface area contributed by atoms with Gasteiger partial charge in [-0.2, -0.15) is 12.7 Å². The molecule has 0 aromatic carbocycles. The summed E-state index contributed by atoms with van der Waals surface area (Å²) in [6.45, 7) is 9.46. The van der Waals surface area contributed by atoms with E-state index in [2.05, 4.69) is 11.6 Å². The summed E-state index contributed by atoms with van der Waals surface area (Å²) in [6.07, 6.45) is 3.82. The van der Waals surface area contributed by atoms with E-state index >= 15 is 0 Å². The van der Waals surface area contributed by atoms with Crippen LogP contribution in [0.25, 0.3) is 0 Å². The van der Waals surface area contributed by atoms with Gasteiger partial charge in [-0.3, -0.25) is 0 Å². The van der Waals surface area contributed by atoms with Crippen LogP contribution in [0.15, 0.2) is 0 Å². The normalized spacial score (nSPS) is 28.2. The molecule has 0 aliphatic heterocycles. The van der Waals surface area contributed by atoms with Gasteiger partial charge in [0.15, 0.2) is 0 Å². The molecule has 0 amide bonds. The molecule has 0 aromatic heterocycles. The summed E-state index contributed by atoms with van der Waals surface area (Å²) in [6, 6.07) is 0. The first-order valence-corrected chi connectivity index (χ1v) is 9.19. The van der Waals surface area contributed by atoms with E-state index < -0.39 is 15.7 Å². The Kier molecular flexibility index (Phi) is 6.44. The molecule has 1 saturated carbocycles. The predicted molar refractivity (Wildman–Crippen MR) is 83.6 cm³/mol. The second kappa shape index (κ2) is 7.20. The zero-order valence-corrected chi connectivity index (χ0v) is 14.2.